The van der Waals surface area contributed by atoms with Crippen LogP contribution in [0, 0.1) is 5.92 Å². The van der Waals surface area contributed by atoms with Crippen molar-refractivity contribution in [3.8, 4) is 0 Å². The quantitative estimate of drug-likeness (QED) is 0.826. The molecule has 5 nitrogen and oxygen atoms in total. The van der Waals surface area contributed by atoms with Gasteiger partial charge in [-0.05, 0) is 31.6 Å². The Morgan fingerprint density at radius 1 is 1.00 bits per heavy atom. The van der Waals surface area contributed by atoms with E-state index in [4.69, 9.17) is 0 Å². The van der Waals surface area contributed by atoms with Crippen molar-refractivity contribution in [3.63, 3.8) is 0 Å². The zero-order valence-electron chi connectivity index (χ0n) is 14.0. The SMILES string of the molecule is O=C(CCC1CCCC1)N1CCC(NC2CCS(=O)(=O)C2)CC1. The molecule has 0 spiro atoms. The molecule has 3 rings (SSSR count). The molecule has 2 aliphatic heterocycles. The summed E-state index contributed by atoms with van der Waals surface area (Å²) in [5.41, 5.74) is 0. The highest BCUT2D eigenvalue weighted by molar-refractivity contribution is 7.91. The molecule has 3 fully saturated rings. The maximum absolute atomic E-state index is 12.3. The van der Waals surface area contributed by atoms with Gasteiger partial charge in [0, 0.05) is 31.6 Å². The molecule has 1 unspecified atom stereocenters. The molecule has 1 atom stereocenters. The van der Waals surface area contributed by atoms with Crippen LogP contribution in [0.25, 0.3) is 0 Å². The highest BCUT2D eigenvalue weighted by atomic mass is 32.2. The number of piperidine rings is 1. The molecular weight excluding hydrogens is 312 g/mol. The van der Waals surface area contributed by atoms with E-state index in [1.54, 1.807) is 0 Å². The van der Waals surface area contributed by atoms with Crippen LogP contribution in [-0.2, 0) is 14.6 Å². The van der Waals surface area contributed by atoms with Gasteiger partial charge in [0.15, 0.2) is 9.84 Å². The fraction of sp³-hybridized carbons (Fsp3) is 0.941. The number of amides is 1. The summed E-state index contributed by atoms with van der Waals surface area (Å²) in [6, 6.07) is 0.488. The van der Waals surface area contributed by atoms with Crippen molar-refractivity contribution in [2.24, 2.45) is 5.92 Å². The number of nitrogens with zero attached hydrogens (tertiary/aromatic N) is 1. The van der Waals surface area contributed by atoms with Gasteiger partial charge in [-0.3, -0.25) is 4.79 Å². The number of sulfone groups is 1. The second kappa shape index (κ2) is 7.51. The lowest BCUT2D eigenvalue weighted by Gasteiger charge is -2.34. The smallest absolute Gasteiger partial charge is 0.222 e. The van der Waals surface area contributed by atoms with E-state index in [0.717, 1.165) is 44.7 Å². The lowest BCUT2D eigenvalue weighted by Crippen LogP contribution is -2.48. The summed E-state index contributed by atoms with van der Waals surface area (Å²) in [6.07, 6.45) is 9.72. The third kappa shape index (κ3) is 4.92. The van der Waals surface area contributed by atoms with Gasteiger partial charge in [-0.2, -0.15) is 0 Å². The molecule has 1 saturated carbocycles. The summed E-state index contributed by atoms with van der Waals surface area (Å²) in [5, 5.41) is 3.49. The number of carbonyl (C=O) groups excluding carboxylic acids is 1. The molecule has 0 aromatic rings. The van der Waals surface area contributed by atoms with Crippen LogP contribution in [0.3, 0.4) is 0 Å². The minimum Gasteiger partial charge on any atom is -0.343 e. The van der Waals surface area contributed by atoms with E-state index in [1.807, 2.05) is 4.90 Å². The number of hydrogen-bond donors (Lipinski definition) is 1. The molecule has 2 heterocycles. The van der Waals surface area contributed by atoms with Crippen LogP contribution in [0.2, 0.25) is 0 Å². The topological polar surface area (TPSA) is 66.5 Å². The van der Waals surface area contributed by atoms with E-state index in [2.05, 4.69) is 5.32 Å². The Kier molecular flexibility index (Phi) is 5.62. The first-order chi connectivity index (χ1) is 11.0. The van der Waals surface area contributed by atoms with Gasteiger partial charge >= 0.3 is 0 Å². The van der Waals surface area contributed by atoms with Crippen LogP contribution in [0.5, 0.6) is 0 Å². The van der Waals surface area contributed by atoms with Crippen molar-refractivity contribution in [1.82, 2.24) is 10.2 Å². The molecular formula is C17H30N2O3S. The van der Waals surface area contributed by atoms with Crippen LogP contribution in [-0.4, -0.2) is 55.9 Å². The van der Waals surface area contributed by atoms with Gasteiger partial charge in [-0.1, -0.05) is 25.7 Å². The Hall–Kier alpha value is -0.620. The largest absolute Gasteiger partial charge is 0.343 e. The average molecular weight is 343 g/mol. The predicted octanol–water partition coefficient (Wildman–Crippen LogP) is 1.72. The Morgan fingerprint density at radius 3 is 2.30 bits per heavy atom. The number of likely N-dealkylation sites (tertiary alicyclic amines) is 1. The van der Waals surface area contributed by atoms with E-state index in [0.29, 0.717) is 24.1 Å². The standard InChI is InChI=1S/C17H30N2O3S/c20-17(6-5-14-3-1-2-4-14)19-10-7-15(8-11-19)18-16-9-12-23(21,22)13-16/h14-16,18H,1-13H2. The van der Waals surface area contributed by atoms with E-state index >= 15 is 0 Å². The molecule has 0 bridgehead atoms. The number of hydrogen-bond acceptors (Lipinski definition) is 4. The Balaban J connectivity index is 1.35. The highest BCUT2D eigenvalue weighted by Crippen LogP contribution is 2.29. The van der Waals surface area contributed by atoms with Gasteiger partial charge in [-0.15, -0.1) is 0 Å². The average Bonchev–Trinajstić information content (AvgIpc) is 3.15. The van der Waals surface area contributed by atoms with Crippen molar-refractivity contribution < 1.29 is 13.2 Å². The minimum atomic E-state index is -2.81. The Labute approximate surface area is 140 Å². The monoisotopic (exact) mass is 342 g/mol. The molecule has 0 aromatic carbocycles. The second-order valence-corrected chi connectivity index (χ2v) is 9.84. The second-order valence-electron chi connectivity index (χ2n) is 7.61. The van der Waals surface area contributed by atoms with Gasteiger partial charge in [0.1, 0.15) is 0 Å². The molecule has 6 heteroatoms. The number of rotatable bonds is 5. The van der Waals surface area contributed by atoms with Crippen LogP contribution in [0.15, 0.2) is 0 Å². The molecule has 1 N–H and O–H groups in total. The van der Waals surface area contributed by atoms with E-state index < -0.39 is 9.84 Å². The Bertz CT molecular complexity index is 506. The van der Waals surface area contributed by atoms with Crippen LogP contribution in [0.1, 0.15) is 57.8 Å². The number of nitrogens with one attached hydrogen (secondary N) is 1. The van der Waals surface area contributed by atoms with Crippen molar-refractivity contribution in [1.29, 1.82) is 0 Å². The fourth-order valence-electron chi connectivity index (χ4n) is 4.34. The first-order valence-electron chi connectivity index (χ1n) is 9.26. The third-order valence-electron chi connectivity index (χ3n) is 5.79. The van der Waals surface area contributed by atoms with Gasteiger partial charge in [0.25, 0.3) is 0 Å². The van der Waals surface area contributed by atoms with Gasteiger partial charge < -0.3 is 10.2 Å². The number of carbonyl (C=O) groups is 1. The Morgan fingerprint density at radius 2 is 1.70 bits per heavy atom. The first kappa shape index (κ1) is 17.2. The zero-order valence-corrected chi connectivity index (χ0v) is 14.8. The van der Waals surface area contributed by atoms with Crippen LogP contribution >= 0.6 is 0 Å². The molecule has 0 aromatic heterocycles. The first-order valence-corrected chi connectivity index (χ1v) is 11.1. The lowest BCUT2D eigenvalue weighted by molar-refractivity contribution is -0.132. The summed E-state index contributed by atoms with van der Waals surface area (Å²) < 4.78 is 23.0. The summed E-state index contributed by atoms with van der Waals surface area (Å²) in [7, 11) is -2.81. The summed E-state index contributed by atoms with van der Waals surface area (Å²) in [6.45, 7) is 1.64. The molecule has 1 amide bonds. The highest BCUT2D eigenvalue weighted by Gasteiger charge is 2.31. The molecule has 132 valence electrons. The van der Waals surface area contributed by atoms with Crippen molar-refractivity contribution in [2.45, 2.75) is 69.9 Å². The van der Waals surface area contributed by atoms with E-state index in [-0.39, 0.29) is 11.8 Å². The zero-order chi connectivity index (χ0) is 16.3. The van der Waals surface area contributed by atoms with Crippen LogP contribution in [0.4, 0.5) is 0 Å². The van der Waals surface area contributed by atoms with E-state index in [9.17, 15) is 13.2 Å². The van der Waals surface area contributed by atoms with E-state index in [1.165, 1.54) is 25.7 Å². The lowest BCUT2D eigenvalue weighted by atomic mass is 9.99. The van der Waals surface area contributed by atoms with Crippen LogP contribution < -0.4 is 5.32 Å². The van der Waals surface area contributed by atoms with Crippen molar-refractivity contribution in [3.05, 3.63) is 0 Å². The normalized spacial score (nSPS) is 29.2. The minimum absolute atomic E-state index is 0.120. The maximum Gasteiger partial charge on any atom is 0.222 e. The van der Waals surface area contributed by atoms with Crippen molar-refractivity contribution >= 4 is 15.7 Å². The predicted molar refractivity (Wildman–Crippen MR) is 91.0 cm³/mol. The van der Waals surface area contributed by atoms with Gasteiger partial charge in [-0.25, -0.2) is 8.42 Å². The molecule has 1 aliphatic carbocycles. The molecule has 0 radical (unpaired) electrons. The summed E-state index contributed by atoms with van der Waals surface area (Å²) >= 11 is 0. The molecule has 23 heavy (non-hydrogen) atoms. The molecule has 3 aliphatic rings. The van der Waals surface area contributed by atoms with Gasteiger partial charge in [0.05, 0.1) is 11.5 Å². The van der Waals surface area contributed by atoms with Crippen molar-refractivity contribution in [2.75, 3.05) is 24.6 Å². The maximum atomic E-state index is 12.3. The third-order valence-corrected chi connectivity index (χ3v) is 7.56. The summed E-state index contributed by atoms with van der Waals surface area (Å²) in [4.78, 5) is 14.3. The molecule has 2 saturated heterocycles. The fourth-order valence-corrected chi connectivity index (χ4v) is 6.03. The summed E-state index contributed by atoms with van der Waals surface area (Å²) in [5.74, 6) is 1.71. The van der Waals surface area contributed by atoms with Gasteiger partial charge in [0.2, 0.25) is 5.91 Å².